The summed E-state index contributed by atoms with van der Waals surface area (Å²) in [5.74, 6) is 0.233. The first kappa shape index (κ1) is 11.5. The number of imide groups is 1. The molecule has 0 N–H and O–H groups in total. The van der Waals surface area contributed by atoms with Crippen molar-refractivity contribution in [2.24, 2.45) is 0 Å². The Kier molecular flexibility index (Phi) is 5.80. The van der Waals surface area contributed by atoms with E-state index in [-0.39, 0.29) is 11.8 Å². The third kappa shape index (κ3) is 3.76. The molecule has 4 heteroatoms. The van der Waals surface area contributed by atoms with E-state index in [0.29, 0.717) is 18.7 Å². The van der Waals surface area contributed by atoms with Gasteiger partial charge in [-0.05, 0) is 6.42 Å². The second-order valence-electron chi connectivity index (χ2n) is 2.54. The summed E-state index contributed by atoms with van der Waals surface area (Å²) in [6, 6.07) is 0. The SMILES string of the molecule is CCCC(=O)N(CCS)C(C)=O. The van der Waals surface area contributed by atoms with Crippen LogP contribution in [0.15, 0.2) is 0 Å². The molecule has 0 aromatic carbocycles. The van der Waals surface area contributed by atoms with Gasteiger partial charge >= 0.3 is 0 Å². The Bertz CT molecular complexity index is 170. The Morgan fingerprint density at radius 3 is 2.33 bits per heavy atom. The topological polar surface area (TPSA) is 37.4 Å². The average Bonchev–Trinajstić information content (AvgIpc) is 1.99. The summed E-state index contributed by atoms with van der Waals surface area (Å²) in [5, 5.41) is 0. The number of carbonyl (C=O) groups is 2. The highest BCUT2D eigenvalue weighted by Gasteiger charge is 2.14. The van der Waals surface area contributed by atoms with Crippen molar-refractivity contribution >= 4 is 24.4 Å². The minimum absolute atomic E-state index is 0.0981. The predicted octanol–water partition coefficient (Wildman–Crippen LogP) is 1.09. The lowest BCUT2D eigenvalue weighted by Crippen LogP contribution is -2.36. The summed E-state index contributed by atoms with van der Waals surface area (Å²) < 4.78 is 0. The van der Waals surface area contributed by atoms with E-state index in [9.17, 15) is 9.59 Å². The van der Waals surface area contributed by atoms with Gasteiger partial charge in [0.25, 0.3) is 0 Å². The lowest BCUT2D eigenvalue weighted by Gasteiger charge is -2.17. The lowest BCUT2D eigenvalue weighted by atomic mass is 10.3. The second kappa shape index (κ2) is 6.06. The van der Waals surface area contributed by atoms with E-state index in [0.717, 1.165) is 6.42 Å². The molecule has 0 unspecified atom stereocenters. The fourth-order valence-corrected chi connectivity index (χ4v) is 1.11. The van der Waals surface area contributed by atoms with Crippen LogP contribution in [0.3, 0.4) is 0 Å². The third-order valence-electron chi connectivity index (χ3n) is 1.47. The van der Waals surface area contributed by atoms with Crippen LogP contribution in [-0.2, 0) is 9.59 Å². The maximum absolute atomic E-state index is 11.2. The van der Waals surface area contributed by atoms with Crippen LogP contribution in [0.25, 0.3) is 0 Å². The molecule has 70 valence electrons. The van der Waals surface area contributed by atoms with Crippen LogP contribution in [-0.4, -0.2) is 29.0 Å². The monoisotopic (exact) mass is 189 g/mol. The predicted molar refractivity (Wildman–Crippen MR) is 51.2 cm³/mol. The second-order valence-corrected chi connectivity index (χ2v) is 2.99. The first-order valence-electron chi connectivity index (χ1n) is 4.05. The van der Waals surface area contributed by atoms with Crippen molar-refractivity contribution in [3.8, 4) is 0 Å². The molecule has 0 spiro atoms. The Labute approximate surface area is 78.5 Å². The summed E-state index contributed by atoms with van der Waals surface area (Å²) in [6.07, 6.45) is 1.21. The van der Waals surface area contributed by atoms with Gasteiger partial charge in [-0.2, -0.15) is 12.6 Å². The minimum Gasteiger partial charge on any atom is -0.282 e. The molecule has 2 amide bonds. The normalized spacial score (nSPS) is 9.58. The van der Waals surface area contributed by atoms with Gasteiger partial charge in [-0.15, -0.1) is 0 Å². The van der Waals surface area contributed by atoms with Crippen LogP contribution < -0.4 is 0 Å². The number of amides is 2. The molecular formula is C8H15NO2S. The molecule has 0 saturated heterocycles. The van der Waals surface area contributed by atoms with Gasteiger partial charge in [0.1, 0.15) is 0 Å². The number of nitrogens with zero attached hydrogens (tertiary/aromatic N) is 1. The van der Waals surface area contributed by atoms with Gasteiger partial charge in [0.05, 0.1) is 0 Å². The van der Waals surface area contributed by atoms with Gasteiger partial charge in [0.15, 0.2) is 0 Å². The Hall–Kier alpha value is -0.510. The molecule has 0 bridgehead atoms. The molecule has 0 saturated carbocycles. The molecule has 0 aliphatic heterocycles. The van der Waals surface area contributed by atoms with Crippen LogP contribution in [0.5, 0.6) is 0 Å². The largest absolute Gasteiger partial charge is 0.282 e. The van der Waals surface area contributed by atoms with Gasteiger partial charge < -0.3 is 0 Å². The van der Waals surface area contributed by atoms with Crippen molar-refractivity contribution in [2.45, 2.75) is 26.7 Å². The van der Waals surface area contributed by atoms with Crippen LogP contribution >= 0.6 is 12.6 Å². The number of rotatable bonds is 4. The highest BCUT2D eigenvalue weighted by atomic mass is 32.1. The van der Waals surface area contributed by atoms with Crippen molar-refractivity contribution in [1.82, 2.24) is 4.90 Å². The fourth-order valence-electron chi connectivity index (χ4n) is 0.907. The Balaban J connectivity index is 4.09. The van der Waals surface area contributed by atoms with Crippen LogP contribution in [0.2, 0.25) is 0 Å². The van der Waals surface area contributed by atoms with Gasteiger partial charge in [0.2, 0.25) is 11.8 Å². The molecule has 0 rings (SSSR count). The zero-order chi connectivity index (χ0) is 9.56. The average molecular weight is 189 g/mol. The zero-order valence-electron chi connectivity index (χ0n) is 7.54. The van der Waals surface area contributed by atoms with Gasteiger partial charge in [-0.3, -0.25) is 14.5 Å². The lowest BCUT2D eigenvalue weighted by molar-refractivity contribution is -0.143. The number of carbonyl (C=O) groups excluding carboxylic acids is 2. The molecule has 12 heavy (non-hydrogen) atoms. The van der Waals surface area contributed by atoms with E-state index in [4.69, 9.17) is 0 Å². The van der Waals surface area contributed by atoms with E-state index in [2.05, 4.69) is 12.6 Å². The number of hydrogen-bond acceptors (Lipinski definition) is 3. The summed E-state index contributed by atoms with van der Waals surface area (Å²) in [6.45, 7) is 3.73. The van der Waals surface area contributed by atoms with Crippen LogP contribution in [0.1, 0.15) is 26.7 Å². The summed E-state index contributed by atoms with van der Waals surface area (Å²) in [4.78, 5) is 23.4. The maximum Gasteiger partial charge on any atom is 0.229 e. The number of thiol groups is 1. The molecule has 0 heterocycles. The van der Waals surface area contributed by atoms with Gasteiger partial charge in [-0.1, -0.05) is 6.92 Å². The standard InChI is InChI=1S/C8H15NO2S/c1-3-4-8(11)9(5-6-12)7(2)10/h12H,3-6H2,1-2H3. The van der Waals surface area contributed by atoms with E-state index in [1.807, 2.05) is 6.92 Å². The van der Waals surface area contributed by atoms with Crippen molar-refractivity contribution < 1.29 is 9.59 Å². The Morgan fingerprint density at radius 1 is 1.42 bits per heavy atom. The van der Waals surface area contributed by atoms with E-state index in [1.54, 1.807) is 0 Å². The maximum atomic E-state index is 11.2. The molecule has 0 aliphatic carbocycles. The molecule has 0 fully saturated rings. The van der Waals surface area contributed by atoms with Gasteiger partial charge in [0, 0.05) is 25.6 Å². The zero-order valence-corrected chi connectivity index (χ0v) is 8.43. The first-order valence-corrected chi connectivity index (χ1v) is 4.68. The quantitative estimate of drug-likeness (QED) is 0.672. The van der Waals surface area contributed by atoms with Gasteiger partial charge in [-0.25, -0.2) is 0 Å². The van der Waals surface area contributed by atoms with E-state index < -0.39 is 0 Å². The molecule has 0 radical (unpaired) electrons. The van der Waals surface area contributed by atoms with Crippen molar-refractivity contribution in [3.05, 3.63) is 0 Å². The summed E-state index contributed by atoms with van der Waals surface area (Å²) in [7, 11) is 0. The first-order chi connectivity index (χ1) is 5.63. The molecule has 0 atom stereocenters. The number of hydrogen-bond donors (Lipinski definition) is 1. The van der Waals surface area contributed by atoms with Crippen LogP contribution in [0.4, 0.5) is 0 Å². The highest BCUT2D eigenvalue weighted by Crippen LogP contribution is 1.98. The molecule has 0 aromatic rings. The van der Waals surface area contributed by atoms with Crippen molar-refractivity contribution in [1.29, 1.82) is 0 Å². The highest BCUT2D eigenvalue weighted by molar-refractivity contribution is 7.80. The minimum atomic E-state index is -0.192. The third-order valence-corrected chi connectivity index (χ3v) is 1.67. The van der Waals surface area contributed by atoms with E-state index >= 15 is 0 Å². The van der Waals surface area contributed by atoms with Crippen molar-refractivity contribution in [2.75, 3.05) is 12.3 Å². The van der Waals surface area contributed by atoms with E-state index in [1.165, 1.54) is 11.8 Å². The summed E-state index contributed by atoms with van der Waals surface area (Å²) in [5.41, 5.74) is 0. The smallest absolute Gasteiger partial charge is 0.229 e. The molecule has 3 nitrogen and oxygen atoms in total. The summed E-state index contributed by atoms with van der Waals surface area (Å²) >= 11 is 3.97. The molecule has 0 aromatic heterocycles. The molecule has 0 aliphatic rings. The van der Waals surface area contributed by atoms with Crippen molar-refractivity contribution in [3.63, 3.8) is 0 Å². The molecular weight excluding hydrogens is 174 g/mol. The fraction of sp³-hybridized carbons (Fsp3) is 0.750. The Morgan fingerprint density at radius 2 is 2.00 bits per heavy atom. The van der Waals surface area contributed by atoms with Crippen LogP contribution in [0, 0.1) is 0 Å².